The van der Waals surface area contributed by atoms with E-state index in [-0.39, 0.29) is 12.3 Å². The van der Waals surface area contributed by atoms with Gasteiger partial charge in [0.2, 0.25) is 0 Å². The van der Waals surface area contributed by atoms with Gasteiger partial charge in [0.15, 0.2) is 5.69 Å². The Hall–Kier alpha value is -1.02. The fourth-order valence-electron chi connectivity index (χ4n) is 1.34. The smallest absolute Gasteiger partial charge is 0.357 e. The van der Waals surface area contributed by atoms with Crippen molar-refractivity contribution in [2.45, 2.75) is 25.6 Å². The lowest BCUT2D eigenvalue weighted by atomic mass is 10.1. The minimum atomic E-state index is -1.08. The molecule has 0 bridgehead atoms. The summed E-state index contributed by atoms with van der Waals surface area (Å²) in [6.07, 6.45) is -1.57. The zero-order valence-electron chi connectivity index (χ0n) is 10.4. The normalized spacial score (nSPS) is 14.2. The van der Waals surface area contributed by atoms with E-state index in [0.29, 0.717) is 18.0 Å². The van der Waals surface area contributed by atoms with Crippen molar-refractivity contribution in [3.05, 3.63) is 16.1 Å². The van der Waals surface area contributed by atoms with Crippen LogP contribution < -0.4 is 5.32 Å². The summed E-state index contributed by atoms with van der Waals surface area (Å²) in [6.45, 7) is 2.58. The molecule has 0 saturated carbocycles. The van der Waals surface area contributed by atoms with Gasteiger partial charge in [-0.1, -0.05) is 0 Å². The Labute approximate surface area is 110 Å². The number of thiazole rings is 1. The summed E-state index contributed by atoms with van der Waals surface area (Å²) in [7, 11) is 1.77. The van der Waals surface area contributed by atoms with Gasteiger partial charge in [-0.15, -0.1) is 11.3 Å². The van der Waals surface area contributed by atoms with E-state index in [1.165, 1.54) is 5.38 Å². The number of aromatic nitrogens is 1. The number of esters is 1. The maximum Gasteiger partial charge on any atom is 0.357 e. The molecule has 18 heavy (non-hydrogen) atoms. The van der Waals surface area contributed by atoms with Crippen LogP contribution in [0.3, 0.4) is 0 Å². The Morgan fingerprint density at radius 2 is 2.33 bits per heavy atom. The summed E-state index contributed by atoms with van der Waals surface area (Å²) in [6, 6.07) is 0. The second-order valence-corrected chi connectivity index (χ2v) is 4.59. The summed E-state index contributed by atoms with van der Waals surface area (Å²) in [5.74, 6) is -0.517. The van der Waals surface area contributed by atoms with Crippen LogP contribution in [0.1, 0.15) is 34.9 Å². The van der Waals surface area contributed by atoms with E-state index in [4.69, 9.17) is 4.74 Å². The molecule has 0 aliphatic rings. The van der Waals surface area contributed by atoms with Crippen LogP contribution in [-0.4, -0.2) is 47.5 Å². The summed E-state index contributed by atoms with van der Waals surface area (Å²) in [5.41, 5.74) is 0.164. The lowest BCUT2D eigenvalue weighted by Crippen LogP contribution is -2.23. The molecule has 0 saturated heterocycles. The Balaban J connectivity index is 2.64. The quantitative estimate of drug-likeness (QED) is 0.620. The topological polar surface area (TPSA) is 91.7 Å². The van der Waals surface area contributed by atoms with E-state index in [9.17, 15) is 15.0 Å². The zero-order valence-corrected chi connectivity index (χ0v) is 11.2. The van der Waals surface area contributed by atoms with Crippen molar-refractivity contribution < 1.29 is 19.7 Å². The molecular weight excluding hydrogens is 256 g/mol. The average Bonchev–Trinajstić information content (AvgIpc) is 2.84. The number of hydrogen-bond acceptors (Lipinski definition) is 7. The molecule has 7 heteroatoms. The molecule has 1 aromatic rings. The minimum Gasteiger partial charge on any atom is -0.461 e. The molecule has 0 aliphatic carbocycles. The lowest BCUT2D eigenvalue weighted by Gasteiger charge is -2.15. The fraction of sp³-hybridized carbons (Fsp3) is 0.636. The van der Waals surface area contributed by atoms with Gasteiger partial charge in [0.1, 0.15) is 11.1 Å². The minimum absolute atomic E-state index is 0.164. The molecule has 1 rings (SSSR count). The fourth-order valence-corrected chi connectivity index (χ4v) is 2.17. The van der Waals surface area contributed by atoms with Crippen molar-refractivity contribution in [1.82, 2.24) is 10.3 Å². The van der Waals surface area contributed by atoms with E-state index in [1.807, 2.05) is 0 Å². The number of carbonyl (C=O) groups excluding carboxylic acids is 1. The van der Waals surface area contributed by atoms with Gasteiger partial charge in [0.25, 0.3) is 0 Å². The van der Waals surface area contributed by atoms with Gasteiger partial charge < -0.3 is 20.3 Å². The molecule has 0 spiro atoms. The number of hydrogen-bond donors (Lipinski definition) is 3. The van der Waals surface area contributed by atoms with Crippen molar-refractivity contribution in [3.63, 3.8) is 0 Å². The first-order valence-electron chi connectivity index (χ1n) is 5.73. The van der Waals surface area contributed by atoms with E-state index in [1.54, 1.807) is 14.0 Å². The standard InChI is InChI=1S/C11H18N2O4S/c1-3-17-11(16)7-6-18-10(13-7)9(15)8(14)4-5-12-2/h6,8-9,12,14-15H,3-5H2,1-2H3. The number of rotatable bonds is 7. The number of nitrogens with one attached hydrogen (secondary N) is 1. The third-order valence-electron chi connectivity index (χ3n) is 2.31. The number of nitrogens with zero attached hydrogens (tertiary/aromatic N) is 1. The molecule has 0 aliphatic heterocycles. The Morgan fingerprint density at radius 3 is 2.94 bits per heavy atom. The van der Waals surface area contributed by atoms with Crippen LogP contribution in [0.5, 0.6) is 0 Å². The van der Waals surface area contributed by atoms with Gasteiger partial charge in [0, 0.05) is 5.38 Å². The first-order valence-corrected chi connectivity index (χ1v) is 6.61. The number of ether oxygens (including phenoxy) is 1. The summed E-state index contributed by atoms with van der Waals surface area (Å²) >= 11 is 1.13. The summed E-state index contributed by atoms with van der Waals surface area (Å²) < 4.78 is 4.80. The molecule has 1 aromatic heterocycles. The van der Waals surface area contributed by atoms with Crippen molar-refractivity contribution in [3.8, 4) is 0 Å². The van der Waals surface area contributed by atoms with Gasteiger partial charge >= 0.3 is 5.97 Å². The largest absolute Gasteiger partial charge is 0.461 e. The maximum atomic E-state index is 11.4. The van der Waals surface area contributed by atoms with Crippen molar-refractivity contribution in [2.75, 3.05) is 20.2 Å². The van der Waals surface area contributed by atoms with Gasteiger partial charge in [0.05, 0.1) is 12.7 Å². The van der Waals surface area contributed by atoms with E-state index in [2.05, 4.69) is 10.3 Å². The lowest BCUT2D eigenvalue weighted by molar-refractivity contribution is 0.0137. The highest BCUT2D eigenvalue weighted by Crippen LogP contribution is 2.22. The van der Waals surface area contributed by atoms with E-state index < -0.39 is 18.2 Å². The summed E-state index contributed by atoms with van der Waals surface area (Å²) in [5, 5.41) is 24.3. The van der Waals surface area contributed by atoms with Crippen LogP contribution in [-0.2, 0) is 4.74 Å². The molecule has 0 amide bonds. The number of aliphatic hydroxyl groups excluding tert-OH is 2. The maximum absolute atomic E-state index is 11.4. The van der Waals surface area contributed by atoms with E-state index >= 15 is 0 Å². The van der Waals surface area contributed by atoms with Crippen molar-refractivity contribution in [2.24, 2.45) is 0 Å². The summed E-state index contributed by atoms with van der Waals surface area (Å²) in [4.78, 5) is 15.4. The predicted molar refractivity (Wildman–Crippen MR) is 67.6 cm³/mol. The monoisotopic (exact) mass is 274 g/mol. The molecule has 2 atom stereocenters. The van der Waals surface area contributed by atoms with Crippen LogP contribution in [0.25, 0.3) is 0 Å². The average molecular weight is 274 g/mol. The number of aliphatic hydroxyl groups is 2. The molecular formula is C11H18N2O4S. The second-order valence-electron chi connectivity index (χ2n) is 3.70. The van der Waals surface area contributed by atoms with Crippen LogP contribution >= 0.6 is 11.3 Å². The first kappa shape index (κ1) is 15.0. The van der Waals surface area contributed by atoms with Gasteiger partial charge in [-0.05, 0) is 26.9 Å². The molecule has 3 N–H and O–H groups in total. The molecule has 6 nitrogen and oxygen atoms in total. The molecule has 0 aromatic carbocycles. The van der Waals surface area contributed by atoms with Crippen molar-refractivity contribution in [1.29, 1.82) is 0 Å². The van der Waals surface area contributed by atoms with Gasteiger partial charge in [-0.3, -0.25) is 0 Å². The highest BCUT2D eigenvalue weighted by molar-refractivity contribution is 7.09. The third kappa shape index (κ3) is 4.02. The molecule has 2 unspecified atom stereocenters. The second kappa shape index (κ2) is 7.42. The Kier molecular flexibility index (Phi) is 6.20. The Bertz CT molecular complexity index is 383. The third-order valence-corrected chi connectivity index (χ3v) is 3.23. The van der Waals surface area contributed by atoms with E-state index in [0.717, 1.165) is 11.3 Å². The van der Waals surface area contributed by atoms with Gasteiger partial charge in [-0.25, -0.2) is 9.78 Å². The molecule has 0 radical (unpaired) electrons. The highest BCUT2D eigenvalue weighted by Gasteiger charge is 2.22. The first-order chi connectivity index (χ1) is 8.60. The van der Waals surface area contributed by atoms with Crippen molar-refractivity contribution >= 4 is 17.3 Å². The van der Waals surface area contributed by atoms with Crippen LogP contribution in [0.4, 0.5) is 0 Å². The zero-order chi connectivity index (χ0) is 13.5. The molecule has 0 fully saturated rings. The number of carbonyl (C=O) groups is 1. The molecule has 102 valence electrons. The predicted octanol–water partition coefficient (Wildman–Crippen LogP) is 0.324. The Morgan fingerprint density at radius 1 is 1.61 bits per heavy atom. The molecule has 1 heterocycles. The van der Waals surface area contributed by atoms with Crippen LogP contribution in [0.2, 0.25) is 0 Å². The highest BCUT2D eigenvalue weighted by atomic mass is 32.1. The van der Waals surface area contributed by atoms with Crippen LogP contribution in [0, 0.1) is 0 Å². The van der Waals surface area contributed by atoms with Gasteiger partial charge in [-0.2, -0.15) is 0 Å². The van der Waals surface area contributed by atoms with Crippen LogP contribution in [0.15, 0.2) is 5.38 Å². The SMILES string of the molecule is CCOC(=O)c1csc(C(O)C(O)CCNC)n1.